The van der Waals surface area contributed by atoms with Crippen molar-refractivity contribution in [2.45, 2.75) is 20.8 Å². The molecular weight excluding hydrogens is 234 g/mol. The molecule has 0 aliphatic heterocycles. The molecule has 0 aliphatic rings. The number of halogens is 1. The third kappa shape index (κ3) is 1.72. The van der Waals surface area contributed by atoms with Crippen molar-refractivity contribution >= 4 is 21.9 Å². The number of aromatic nitrogens is 1. The summed E-state index contributed by atoms with van der Waals surface area (Å²) in [7, 11) is 0. The van der Waals surface area contributed by atoms with E-state index in [1.54, 1.807) is 13.8 Å². The summed E-state index contributed by atoms with van der Waals surface area (Å²) in [6, 6.07) is 0. The Bertz CT molecular complexity index is 374. The molecule has 1 heterocycles. The highest BCUT2D eigenvalue weighted by Crippen LogP contribution is 2.23. The van der Waals surface area contributed by atoms with Crippen LogP contribution in [0.15, 0.2) is 4.47 Å². The van der Waals surface area contributed by atoms with Crippen molar-refractivity contribution in [2.24, 2.45) is 0 Å². The van der Waals surface area contributed by atoms with Crippen LogP contribution in [0.25, 0.3) is 0 Å². The van der Waals surface area contributed by atoms with Crippen LogP contribution in [0, 0.1) is 20.8 Å². The molecule has 0 unspecified atom stereocenters. The van der Waals surface area contributed by atoms with E-state index in [1.807, 2.05) is 6.92 Å². The summed E-state index contributed by atoms with van der Waals surface area (Å²) in [6.45, 7) is 5.42. The molecule has 1 rings (SSSR count). The van der Waals surface area contributed by atoms with Crippen LogP contribution in [0.4, 0.5) is 0 Å². The molecule has 0 saturated heterocycles. The highest BCUT2D eigenvalue weighted by molar-refractivity contribution is 9.10. The van der Waals surface area contributed by atoms with Gasteiger partial charge >= 0.3 is 5.97 Å². The highest BCUT2D eigenvalue weighted by atomic mass is 79.9. The molecule has 0 bridgehead atoms. The van der Waals surface area contributed by atoms with Crippen LogP contribution in [-0.4, -0.2) is 16.1 Å². The van der Waals surface area contributed by atoms with Crippen molar-refractivity contribution in [2.75, 3.05) is 0 Å². The van der Waals surface area contributed by atoms with Gasteiger partial charge in [-0.1, -0.05) is 0 Å². The van der Waals surface area contributed by atoms with Crippen LogP contribution in [0.3, 0.4) is 0 Å². The summed E-state index contributed by atoms with van der Waals surface area (Å²) in [5.41, 5.74) is 2.49. The van der Waals surface area contributed by atoms with Crippen LogP contribution in [0.5, 0.6) is 0 Å². The van der Waals surface area contributed by atoms with Crippen LogP contribution in [0.1, 0.15) is 27.3 Å². The molecule has 1 N–H and O–H groups in total. The van der Waals surface area contributed by atoms with Gasteiger partial charge in [0.05, 0.1) is 5.69 Å². The van der Waals surface area contributed by atoms with Gasteiger partial charge in [-0.05, 0) is 47.8 Å². The lowest BCUT2D eigenvalue weighted by Gasteiger charge is -2.08. The van der Waals surface area contributed by atoms with Crippen molar-refractivity contribution < 1.29 is 9.90 Å². The number of pyridine rings is 1. The predicted molar refractivity (Wildman–Crippen MR) is 53.1 cm³/mol. The first kappa shape index (κ1) is 10.2. The lowest BCUT2D eigenvalue weighted by molar-refractivity contribution is 0.0689. The summed E-state index contributed by atoms with van der Waals surface area (Å²) in [4.78, 5) is 14.7. The standard InChI is InChI=1S/C9H10BrNO2/c1-4-5(2)8(9(12)13)11-6(3)7(4)10/h1-3H3,(H,12,13). The molecule has 4 heteroatoms. The molecule has 3 nitrogen and oxygen atoms in total. The van der Waals surface area contributed by atoms with E-state index in [0.29, 0.717) is 11.3 Å². The lowest BCUT2D eigenvalue weighted by Crippen LogP contribution is -2.07. The molecule has 0 atom stereocenters. The van der Waals surface area contributed by atoms with Crippen molar-refractivity contribution in [3.05, 3.63) is 27.0 Å². The molecule has 0 spiro atoms. The Kier molecular flexibility index (Phi) is 2.71. The second-order valence-corrected chi connectivity index (χ2v) is 3.71. The van der Waals surface area contributed by atoms with E-state index >= 15 is 0 Å². The Balaban J connectivity index is 3.50. The zero-order valence-electron chi connectivity index (χ0n) is 7.68. The van der Waals surface area contributed by atoms with Crippen molar-refractivity contribution in [1.29, 1.82) is 0 Å². The number of carboxylic acids is 1. The Labute approximate surface area is 84.9 Å². The number of nitrogens with zero attached hydrogens (tertiary/aromatic N) is 1. The number of carbonyl (C=O) groups is 1. The number of rotatable bonds is 1. The third-order valence-corrected chi connectivity index (χ3v) is 3.22. The van der Waals surface area contributed by atoms with Crippen LogP contribution < -0.4 is 0 Å². The number of aromatic carboxylic acids is 1. The van der Waals surface area contributed by atoms with Crippen molar-refractivity contribution in [3.63, 3.8) is 0 Å². The molecule has 0 aromatic carbocycles. The van der Waals surface area contributed by atoms with Crippen LogP contribution >= 0.6 is 15.9 Å². The summed E-state index contributed by atoms with van der Waals surface area (Å²) >= 11 is 3.36. The first-order valence-corrected chi connectivity index (χ1v) is 4.61. The summed E-state index contributed by atoms with van der Waals surface area (Å²) < 4.78 is 0.884. The van der Waals surface area contributed by atoms with Gasteiger partial charge in [0.2, 0.25) is 0 Å². The molecule has 0 amide bonds. The van der Waals surface area contributed by atoms with E-state index in [-0.39, 0.29) is 5.69 Å². The topological polar surface area (TPSA) is 50.2 Å². The maximum atomic E-state index is 10.8. The number of aryl methyl sites for hydroxylation is 1. The van der Waals surface area contributed by atoms with Gasteiger partial charge in [0.25, 0.3) is 0 Å². The Morgan fingerprint density at radius 2 is 1.85 bits per heavy atom. The van der Waals surface area contributed by atoms with Crippen molar-refractivity contribution in [3.8, 4) is 0 Å². The fraction of sp³-hybridized carbons (Fsp3) is 0.333. The first-order valence-electron chi connectivity index (χ1n) is 3.81. The quantitative estimate of drug-likeness (QED) is 0.825. The minimum absolute atomic E-state index is 0.137. The number of hydrogen-bond acceptors (Lipinski definition) is 2. The Hall–Kier alpha value is -0.900. The average Bonchev–Trinajstić information content (AvgIpc) is 2.07. The van der Waals surface area contributed by atoms with Crippen LogP contribution in [-0.2, 0) is 0 Å². The van der Waals surface area contributed by atoms with Gasteiger partial charge in [0.15, 0.2) is 5.69 Å². The van der Waals surface area contributed by atoms with E-state index in [9.17, 15) is 4.79 Å². The number of carboxylic acid groups (broad SMARTS) is 1. The van der Waals surface area contributed by atoms with Gasteiger partial charge in [-0.15, -0.1) is 0 Å². The molecule has 0 fully saturated rings. The predicted octanol–water partition coefficient (Wildman–Crippen LogP) is 2.47. The largest absolute Gasteiger partial charge is 0.477 e. The molecule has 0 aliphatic carbocycles. The second-order valence-electron chi connectivity index (χ2n) is 2.91. The van der Waals surface area contributed by atoms with Gasteiger partial charge < -0.3 is 5.11 Å². The SMILES string of the molecule is Cc1nc(C(=O)O)c(C)c(C)c1Br. The van der Waals surface area contributed by atoms with Gasteiger partial charge in [-0.25, -0.2) is 9.78 Å². The molecule has 1 aromatic heterocycles. The Morgan fingerprint density at radius 3 is 2.31 bits per heavy atom. The normalized spacial score (nSPS) is 10.2. The highest BCUT2D eigenvalue weighted by Gasteiger charge is 2.14. The maximum Gasteiger partial charge on any atom is 0.354 e. The summed E-state index contributed by atoms with van der Waals surface area (Å²) in [5, 5.41) is 8.83. The fourth-order valence-corrected chi connectivity index (χ4v) is 1.51. The van der Waals surface area contributed by atoms with E-state index in [4.69, 9.17) is 5.11 Å². The minimum atomic E-state index is -0.976. The summed E-state index contributed by atoms with van der Waals surface area (Å²) in [5.74, 6) is -0.976. The molecule has 0 radical (unpaired) electrons. The van der Waals surface area contributed by atoms with E-state index in [1.165, 1.54) is 0 Å². The zero-order chi connectivity index (χ0) is 10.2. The minimum Gasteiger partial charge on any atom is -0.477 e. The molecule has 13 heavy (non-hydrogen) atoms. The summed E-state index contributed by atoms with van der Waals surface area (Å²) in [6.07, 6.45) is 0. The van der Waals surface area contributed by atoms with Gasteiger partial charge in [0, 0.05) is 4.47 Å². The van der Waals surface area contributed by atoms with Crippen LogP contribution in [0.2, 0.25) is 0 Å². The number of hydrogen-bond donors (Lipinski definition) is 1. The molecule has 0 saturated carbocycles. The maximum absolute atomic E-state index is 10.8. The second kappa shape index (κ2) is 3.46. The average molecular weight is 244 g/mol. The monoisotopic (exact) mass is 243 g/mol. The van der Waals surface area contributed by atoms with Gasteiger partial charge in [-0.3, -0.25) is 0 Å². The van der Waals surface area contributed by atoms with Gasteiger partial charge in [0.1, 0.15) is 0 Å². The third-order valence-electron chi connectivity index (χ3n) is 2.05. The van der Waals surface area contributed by atoms with E-state index < -0.39 is 5.97 Å². The Morgan fingerprint density at radius 1 is 1.31 bits per heavy atom. The fourth-order valence-electron chi connectivity index (χ4n) is 1.12. The molecular formula is C9H10BrNO2. The van der Waals surface area contributed by atoms with E-state index in [2.05, 4.69) is 20.9 Å². The lowest BCUT2D eigenvalue weighted by atomic mass is 10.1. The zero-order valence-corrected chi connectivity index (χ0v) is 9.27. The van der Waals surface area contributed by atoms with E-state index in [0.717, 1.165) is 10.0 Å². The first-order chi connectivity index (χ1) is 5.95. The smallest absolute Gasteiger partial charge is 0.354 e. The molecule has 70 valence electrons. The molecule has 1 aromatic rings. The van der Waals surface area contributed by atoms with Crippen molar-refractivity contribution in [1.82, 2.24) is 4.98 Å². The van der Waals surface area contributed by atoms with Gasteiger partial charge in [-0.2, -0.15) is 0 Å².